The lowest BCUT2D eigenvalue weighted by Crippen LogP contribution is -2.30. The number of carbonyl (C=O) groups is 2. The van der Waals surface area contributed by atoms with E-state index in [1.54, 1.807) is 24.3 Å². The Morgan fingerprint density at radius 3 is 2.15 bits per heavy atom. The van der Waals surface area contributed by atoms with E-state index in [0.717, 1.165) is 11.1 Å². The lowest BCUT2D eigenvalue weighted by molar-refractivity contribution is -0.140. The highest BCUT2D eigenvalue weighted by Gasteiger charge is 2.46. The van der Waals surface area contributed by atoms with Crippen molar-refractivity contribution in [3.8, 4) is 17.2 Å². The Bertz CT molecular complexity index is 1460. The van der Waals surface area contributed by atoms with Gasteiger partial charge in [0.25, 0.3) is 11.7 Å². The number of methoxy groups -OCH3 is 1. The molecule has 1 unspecified atom stereocenters. The van der Waals surface area contributed by atoms with Crippen molar-refractivity contribution in [1.29, 1.82) is 0 Å². The molecule has 3 aromatic carbocycles. The molecule has 1 aliphatic rings. The first-order valence-corrected chi connectivity index (χ1v) is 13.2. The minimum absolute atomic E-state index is 0.0455. The number of hydrogen-bond donors (Lipinski definition) is 2. The number of benzene rings is 3. The van der Waals surface area contributed by atoms with Gasteiger partial charge >= 0.3 is 0 Å². The van der Waals surface area contributed by atoms with Crippen LogP contribution in [-0.4, -0.2) is 39.5 Å². The number of rotatable bonds is 6. The summed E-state index contributed by atoms with van der Waals surface area (Å²) in [5, 5.41) is 21.6. The summed E-state index contributed by atoms with van der Waals surface area (Å²) in [6, 6.07) is 18.2. The van der Waals surface area contributed by atoms with Crippen molar-refractivity contribution in [3.05, 3.63) is 94.6 Å². The maximum atomic E-state index is 13.6. The first-order chi connectivity index (χ1) is 18.7. The van der Waals surface area contributed by atoms with Crippen LogP contribution in [0.2, 0.25) is 0 Å². The van der Waals surface area contributed by atoms with Gasteiger partial charge in [-0.15, -0.1) is 0 Å². The molecule has 0 radical (unpaired) electrons. The third-order valence-corrected chi connectivity index (χ3v) is 6.80. The number of phenols is 1. The summed E-state index contributed by atoms with van der Waals surface area (Å²) < 4.78 is 11.7. The van der Waals surface area contributed by atoms with E-state index >= 15 is 0 Å². The fraction of sp³-hybridized carbons (Fsp3) is 0.333. The number of aromatic hydroxyl groups is 1. The second-order valence-electron chi connectivity index (χ2n) is 12.0. The van der Waals surface area contributed by atoms with Crippen LogP contribution < -0.4 is 9.47 Å². The Morgan fingerprint density at radius 2 is 1.55 bits per heavy atom. The third kappa shape index (κ3) is 5.83. The van der Waals surface area contributed by atoms with Crippen molar-refractivity contribution in [2.45, 2.75) is 65.1 Å². The van der Waals surface area contributed by atoms with Crippen LogP contribution in [0.5, 0.6) is 17.2 Å². The maximum Gasteiger partial charge on any atom is 0.295 e. The Kier molecular flexibility index (Phi) is 7.70. The van der Waals surface area contributed by atoms with E-state index in [4.69, 9.17) is 9.47 Å². The molecule has 7 heteroatoms. The lowest BCUT2D eigenvalue weighted by atomic mass is 9.85. The topological polar surface area (TPSA) is 96.3 Å². The summed E-state index contributed by atoms with van der Waals surface area (Å²) in [6.07, 6.45) is 0. The fourth-order valence-corrected chi connectivity index (χ4v) is 4.80. The number of aliphatic hydroxyl groups excluding tert-OH is 1. The van der Waals surface area contributed by atoms with Crippen molar-refractivity contribution >= 4 is 17.4 Å². The SMILES string of the molecule is COc1ccc(C(C)(C)C)cc1/C(O)=C1\C(=O)C(=O)N(Cc2ccccc2OC(C)(C)C)C1c1ccc(O)cc1. The summed E-state index contributed by atoms with van der Waals surface area (Å²) in [7, 11) is 1.49. The number of amides is 1. The highest BCUT2D eigenvalue weighted by Crippen LogP contribution is 2.43. The number of hydrogen-bond acceptors (Lipinski definition) is 6. The third-order valence-electron chi connectivity index (χ3n) is 6.80. The molecule has 1 atom stereocenters. The van der Waals surface area contributed by atoms with Gasteiger partial charge in [-0.1, -0.05) is 57.2 Å². The molecule has 0 saturated carbocycles. The Labute approximate surface area is 235 Å². The molecule has 1 aliphatic heterocycles. The van der Waals surface area contributed by atoms with E-state index in [2.05, 4.69) is 0 Å². The highest BCUT2D eigenvalue weighted by atomic mass is 16.5. The van der Waals surface area contributed by atoms with Crippen LogP contribution in [0.4, 0.5) is 0 Å². The van der Waals surface area contributed by atoms with Crippen LogP contribution >= 0.6 is 0 Å². The molecule has 210 valence electrons. The molecule has 0 bridgehead atoms. The fourth-order valence-electron chi connectivity index (χ4n) is 4.80. The molecule has 1 saturated heterocycles. The van der Waals surface area contributed by atoms with Gasteiger partial charge in [-0.2, -0.15) is 0 Å². The van der Waals surface area contributed by atoms with Gasteiger partial charge in [0.2, 0.25) is 0 Å². The minimum atomic E-state index is -0.911. The number of phenolic OH excluding ortho intramolecular Hbond substituents is 1. The molecule has 1 heterocycles. The zero-order valence-corrected chi connectivity index (χ0v) is 24.1. The van der Waals surface area contributed by atoms with Gasteiger partial charge in [0.05, 0.1) is 30.8 Å². The molecule has 3 aromatic rings. The van der Waals surface area contributed by atoms with Gasteiger partial charge < -0.3 is 24.6 Å². The largest absolute Gasteiger partial charge is 0.508 e. The minimum Gasteiger partial charge on any atom is -0.508 e. The predicted octanol–water partition coefficient (Wildman–Crippen LogP) is 6.50. The van der Waals surface area contributed by atoms with Crippen molar-refractivity contribution in [1.82, 2.24) is 4.90 Å². The van der Waals surface area contributed by atoms with Crippen LogP contribution in [0.3, 0.4) is 0 Å². The molecule has 0 spiro atoms. The summed E-state index contributed by atoms with van der Waals surface area (Å²) in [5.74, 6) is -0.833. The van der Waals surface area contributed by atoms with Gasteiger partial charge in [-0.05, 0) is 67.6 Å². The van der Waals surface area contributed by atoms with Crippen molar-refractivity contribution in [2.75, 3.05) is 7.11 Å². The maximum absolute atomic E-state index is 13.6. The van der Waals surface area contributed by atoms with E-state index < -0.39 is 23.3 Å². The normalized spacial score (nSPS) is 17.3. The summed E-state index contributed by atoms with van der Waals surface area (Å²) >= 11 is 0. The lowest BCUT2D eigenvalue weighted by Gasteiger charge is -2.28. The van der Waals surface area contributed by atoms with Gasteiger partial charge in [0.15, 0.2) is 0 Å². The smallest absolute Gasteiger partial charge is 0.295 e. The number of likely N-dealkylation sites (tertiary alicyclic amines) is 1. The van der Waals surface area contributed by atoms with Gasteiger partial charge in [-0.3, -0.25) is 9.59 Å². The van der Waals surface area contributed by atoms with Crippen LogP contribution in [-0.2, 0) is 21.5 Å². The van der Waals surface area contributed by atoms with Crippen LogP contribution in [0.1, 0.15) is 69.8 Å². The number of carbonyl (C=O) groups excluding carboxylic acids is 2. The predicted molar refractivity (Wildman–Crippen MR) is 154 cm³/mol. The monoisotopic (exact) mass is 543 g/mol. The number of nitrogens with zero attached hydrogens (tertiary/aromatic N) is 1. The number of ether oxygens (including phenoxy) is 2. The van der Waals surface area contributed by atoms with Gasteiger partial charge in [0, 0.05) is 5.56 Å². The quantitative estimate of drug-likeness (QED) is 0.209. The molecule has 4 rings (SSSR count). The van der Waals surface area contributed by atoms with Gasteiger partial charge in [-0.25, -0.2) is 0 Å². The second-order valence-corrected chi connectivity index (χ2v) is 12.0. The van der Waals surface area contributed by atoms with Crippen molar-refractivity contribution < 1.29 is 29.3 Å². The number of ketones is 1. The molecule has 1 fully saturated rings. The first-order valence-electron chi connectivity index (χ1n) is 13.2. The standard InChI is InChI=1S/C33H37NO6/c1-32(2,3)22-14-17-26(39-7)24(18-22)29(36)27-28(20-12-15-23(35)16-13-20)34(31(38)30(27)37)19-21-10-8-9-11-25(21)40-33(4,5)6/h8-18,28,35-36H,19H2,1-7H3/b29-27+. The van der Waals surface area contributed by atoms with Crippen LogP contribution in [0, 0.1) is 0 Å². The molecule has 7 nitrogen and oxygen atoms in total. The summed E-state index contributed by atoms with van der Waals surface area (Å²) in [6.45, 7) is 12.0. The average molecular weight is 544 g/mol. The molecule has 1 amide bonds. The Balaban J connectivity index is 1.91. The number of aliphatic hydroxyl groups is 1. The Morgan fingerprint density at radius 1 is 0.900 bits per heavy atom. The first kappa shape index (κ1) is 28.7. The van der Waals surface area contributed by atoms with E-state index in [-0.39, 0.29) is 29.0 Å². The van der Waals surface area contributed by atoms with Crippen LogP contribution in [0.25, 0.3) is 5.76 Å². The highest BCUT2D eigenvalue weighted by molar-refractivity contribution is 6.46. The Hall–Kier alpha value is -4.26. The van der Waals surface area contributed by atoms with Crippen molar-refractivity contribution in [2.24, 2.45) is 0 Å². The average Bonchev–Trinajstić information content (AvgIpc) is 3.13. The summed E-state index contributed by atoms with van der Waals surface area (Å²) in [5.41, 5.74) is 1.78. The van der Waals surface area contributed by atoms with E-state index in [9.17, 15) is 19.8 Å². The number of para-hydroxylation sites is 1. The van der Waals surface area contributed by atoms with E-state index in [1.165, 1.54) is 24.1 Å². The van der Waals surface area contributed by atoms with Gasteiger partial charge in [0.1, 0.15) is 28.6 Å². The number of Topliss-reactive ketones (excluding diaryl/α,β-unsaturated/α-hetero) is 1. The second kappa shape index (κ2) is 10.7. The van der Waals surface area contributed by atoms with E-state index in [0.29, 0.717) is 22.6 Å². The molecular weight excluding hydrogens is 506 g/mol. The molecule has 0 aliphatic carbocycles. The molecular formula is C33H37NO6. The molecule has 40 heavy (non-hydrogen) atoms. The molecule has 2 N–H and O–H groups in total. The summed E-state index contributed by atoms with van der Waals surface area (Å²) in [4.78, 5) is 28.7. The van der Waals surface area contributed by atoms with Crippen molar-refractivity contribution in [3.63, 3.8) is 0 Å². The zero-order chi connectivity index (χ0) is 29.4. The zero-order valence-electron chi connectivity index (χ0n) is 24.1. The van der Waals surface area contributed by atoms with E-state index in [1.807, 2.05) is 71.9 Å². The van der Waals surface area contributed by atoms with Crippen LogP contribution in [0.15, 0.2) is 72.3 Å². The molecule has 0 aromatic heterocycles.